The number of fused-ring (bicyclic) bond motifs is 1. The Morgan fingerprint density at radius 2 is 1.59 bits per heavy atom. The summed E-state index contributed by atoms with van der Waals surface area (Å²) >= 11 is 0. The molecule has 1 heterocycles. The topological polar surface area (TPSA) is 57.2 Å². The van der Waals surface area contributed by atoms with Gasteiger partial charge >= 0.3 is 0 Å². The van der Waals surface area contributed by atoms with E-state index in [0.29, 0.717) is 48.5 Å². The van der Waals surface area contributed by atoms with Crippen LogP contribution in [0.15, 0.2) is 36.4 Å². The Hall–Kier alpha value is -2.89. The molecule has 0 spiro atoms. The lowest BCUT2D eigenvalue weighted by Crippen LogP contribution is -2.42. The Morgan fingerprint density at radius 3 is 2.29 bits per heavy atom. The zero-order valence-electron chi connectivity index (χ0n) is 20.7. The molecule has 2 aromatic rings. The summed E-state index contributed by atoms with van der Waals surface area (Å²) in [4.78, 5) is 15.5. The van der Waals surface area contributed by atoms with Crippen molar-refractivity contribution in [2.75, 3.05) is 34.5 Å². The predicted octanol–water partition coefficient (Wildman–Crippen LogP) is 5.58. The van der Waals surface area contributed by atoms with Gasteiger partial charge in [0, 0.05) is 13.0 Å². The molecular formula is C28H37NO5. The van der Waals surface area contributed by atoms with Crippen molar-refractivity contribution in [1.82, 2.24) is 4.90 Å². The van der Waals surface area contributed by atoms with E-state index in [9.17, 15) is 4.79 Å². The van der Waals surface area contributed by atoms with Gasteiger partial charge in [-0.1, -0.05) is 44.2 Å². The Bertz CT molecular complexity index is 969. The lowest BCUT2D eigenvalue weighted by Gasteiger charge is -2.38. The zero-order chi connectivity index (χ0) is 23.9. The van der Waals surface area contributed by atoms with Gasteiger partial charge in [-0.15, -0.1) is 0 Å². The third-order valence-electron chi connectivity index (χ3n) is 7.28. The summed E-state index contributed by atoms with van der Waals surface area (Å²) in [6.07, 6.45) is 8.81. The van der Waals surface area contributed by atoms with Crippen LogP contribution in [0.25, 0.3) is 0 Å². The molecule has 6 nitrogen and oxygen atoms in total. The van der Waals surface area contributed by atoms with Crippen LogP contribution >= 0.6 is 0 Å². The van der Waals surface area contributed by atoms with Gasteiger partial charge in [0.2, 0.25) is 5.91 Å². The van der Waals surface area contributed by atoms with Crippen LogP contribution in [0.3, 0.4) is 0 Å². The van der Waals surface area contributed by atoms with Crippen LogP contribution < -0.4 is 18.9 Å². The number of para-hydroxylation sites is 2. The number of hydrogen-bond donors (Lipinski definition) is 0. The van der Waals surface area contributed by atoms with Gasteiger partial charge in [0.25, 0.3) is 0 Å². The van der Waals surface area contributed by atoms with Gasteiger partial charge in [-0.2, -0.15) is 0 Å². The van der Waals surface area contributed by atoms with Crippen molar-refractivity contribution in [1.29, 1.82) is 0 Å². The SMILES string of the molecule is COc1cc2c(cc1OC)C(COc1ccccc1OC)N(C(=O)CCC1CCCCC1)CC2. The maximum atomic E-state index is 13.5. The number of methoxy groups -OCH3 is 3. The lowest BCUT2D eigenvalue weighted by atomic mass is 9.85. The third kappa shape index (κ3) is 5.43. The standard InChI is InChI=1S/C28H37NO5/c1-31-24-11-7-8-12-25(24)34-19-23-22-18-27(33-3)26(32-2)17-21(22)15-16-29(23)28(30)14-13-20-9-5-4-6-10-20/h7-8,11-12,17-18,20,23H,4-6,9-10,13-16,19H2,1-3H3. The fourth-order valence-corrected chi connectivity index (χ4v) is 5.36. The summed E-state index contributed by atoms with van der Waals surface area (Å²) < 4.78 is 22.8. The first-order valence-electron chi connectivity index (χ1n) is 12.4. The zero-order valence-corrected chi connectivity index (χ0v) is 20.7. The monoisotopic (exact) mass is 467 g/mol. The highest BCUT2D eigenvalue weighted by Gasteiger charge is 2.33. The summed E-state index contributed by atoms with van der Waals surface area (Å²) in [5, 5.41) is 0. The van der Waals surface area contributed by atoms with Crippen molar-refractivity contribution in [3.8, 4) is 23.0 Å². The molecule has 2 aromatic carbocycles. The summed E-state index contributed by atoms with van der Waals surface area (Å²) in [7, 11) is 4.92. The molecule has 1 fully saturated rings. The van der Waals surface area contributed by atoms with E-state index in [1.54, 1.807) is 21.3 Å². The molecule has 1 unspecified atom stereocenters. The van der Waals surface area contributed by atoms with Crippen molar-refractivity contribution < 1.29 is 23.7 Å². The Kier molecular flexibility index (Phi) is 8.20. The number of ether oxygens (including phenoxy) is 4. The van der Waals surface area contributed by atoms with Gasteiger partial charge in [0.1, 0.15) is 6.61 Å². The first-order chi connectivity index (χ1) is 16.6. The van der Waals surface area contributed by atoms with Gasteiger partial charge in [0.15, 0.2) is 23.0 Å². The van der Waals surface area contributed by atoms with Crippen molar-refractivity contribution in [3.05, 3.63) is 47.5 Å². The van der Waals surface area contributed by atoms with Crippen molar-refractivity contribution >= 4 is 5.91 Å². The van der Waals surface area contributed by atoms with E-state index in [0.717, 1.165) is 18.4 Å². The number of benzene rings is 2. The number of amides is 1. The molecule has 0 radical (unpaired) electrons. The highest BCUT2D eigenvalue weighted by atomic mass is 16.5. The minimum absolute atomic E-state index is 0.202. The molecule has 1 aliphatic carbocycles. The number of carbonyl (C=O) groups excluding carboxylic acids is 1. The molecule has 0 saturated heterocycles. The van der Waals surface area contributed by atoms with Crippen LogP contribution in [-0.4, -0.2) is 45.3 Å². The molecule has 4 rings (SSSR count). The van der Waals surface area contributed by atoms with E-state index in [-0.39, 0.29) is 11.9 Å². The number of nitrogens with zero attached hydrogens (tertiary/aromatic N) is 1. The Labute approximate surface area is 203 Å². The quantitative estimate of drug-likeness (QED) is 0.482. The molecule has 184 valence electrons. The second-order valence-corrected chi connectivity index (χ2v) is 9.26. The van der Waals surface area contributed by atoms with Crippen molar-refractivity contribution in [3.63, 3.8) is 0 Å². The van der Waals surface area contributed by atoms with E-state index >= 15 is 0 Å². The van der Waals surface area contributed by atoms with Crippen LogP contribution in [-0.2, 0) is 11.2 Å². The van der Waals surface area contributed by atoms with Gasteiger partial charge in [-0.3, -0.25) is 4.79 Å². The smallest absolute Gasteiger partial charge is 0.223 e. The molecule has 0 aromatic heterocycles. The highest BCUT2D eigenvalue weighted by Crippen LogP contribution is 2.39. The molecule has 6 heteroatoms. The van der Waals surface area contributed by atoms with E-state index in [4.69, 9.17) is 18.9 Å². The van der Waals surface area contributed by atoms with Crippen LogP contribution in [0.2, 0.25) is 0 Å². The van der Waals surface area contributed by atoms with Gasteiger partial charge in [0.05, 0.1) is 27.4 Å². The van der Waals surface area contributed by atoms with Crippen molar-refractivity contribution in [2.45, 2.75) is 57.4 Å². The molecule has 1 amide bonds. The average Bonchev–Trinajstić information content (AvgIpc) is 2.90. The summed E-state index contributed by atoms with van der Waals surface area (Å²) in [5.74, 6) is 3.62. The van der Waals surface area contributed by atoms with Gasteiger partial charge in [-0.25, -0.2) is 0 Å². The Balaban J connectivity index is 1.57. The average molecular weight is 468 g/mol. The minimum atomic E-state index is -0.202. The maximum Gasteiger partial charge on any atom is 0.223 e. The molecule has 1 aliphatic heterocycles. The molecule has 1 saturated carbocycles. The molecule has 0 bridgehead atoms. The normalized spacial score (nSPS) is 18.2. The highest BCUT2D eigenvalue weighted by molar-refractivity contribution is 5.77. The van der Waals surface area contributed by atoms with Gasteiger partial charge < -0.3 is 23.8 Å². The maximum absolute atomic E-state index is 13.5. The first-order valence-corrected chi connectivity index (χ1v) is 12.4. The lowest BCUT2D eigenvalue weighted by molar-refractivity contribution is -0.135. The first kappa shape index (κ1) is 24.2. The van der Waals surface area contributed by atoms with E-state index in [1.807, 2.05) is 41.3 Å². The van der Waals surface area contributed by atoms with Crippen LogP contribution in [0.1, 0.15) is 62.1 Å². The molecule has 0 N–H and O–H groups in total. The summed E-state index contributed by atoms with van der Waals surface area (Å²) in [6, 6.07) is 11.5. The summed E-state index contributed by atoms with van der Waals surface area (Å²) in [6.45, 7) is 1.02. The number of hydrogen-bond acceptors (Lipinski definition) is 5. The molecular weight excluding hydrogens is 430 g/mol. The Morgan fingerprint density at radius 1 is 0.912 bits per heavy atom. The molecule has 1 atom stereocenters. The van der Waals surface area contributed by atoms with E-state index in [1.165, 1.54) is 37.7 Å². The van der Waals surface area contributed by atoms with Crippen LogP contribution in [0, 0.1) is 5.92 Å². The fraction of sp³-hybridized carbons (Fsp3) is 0.536. The number of carbonyl (C=O) groups is 1. The third-order valence-corrected chi connectivity index (χ3v) is 7.28. The minimum Gasteiger partial charge on any atom is -0.493 e. The largest absolute Gasteiger partial charge is 0.493 e. The fourth-order valence-electron chi connectivity index (χ4n) is 5.36. The second-order valence-electron chi connectivity index (χ2n) is 9.26. The number of rotatable bonds is 9. The van der Waals surface area contributed by atoms with E-state index < -0.39 is 0 Å². The van der Waals surface area contributed by atoms with Gasteiger partial charge in [-0.05, 0) is 54.2 Å². The van der Waals surface area contributed by atoms with E-state index in [2.05, 4.69) is 0 Å². The van der Waals surface area contributed by atoms with Crippen molar-refractivity contribution in [2.24, 2.45) is 5.92 Å². The van der Waals surface area contributed by atoms with Crippen LogP contribution in [0.5, 0.6) is 23.0 Å². The second kappa shape index (κ2) is 11.5. The summed E-state index contributed by atoms with van der Waals surface area (Å²) in [5.41, 5.74) is 2.23. The molecule has 2 aliphatic rings. The van der Waals surface area contributed by atoms with Crippen LogP contribution in [0.4, 0.5) is 0 Å². The predicted molar refractivity (Wildman–Crippen MR) is 132 cm³/mol. The molecule has 34 heavy (non-hydrogen) atoms.